The molecule has 0 heterocycles. The molecule has 0 aliphatic heterocycles. The molecule has 0 atom stereocenters. The summed E-state index contributed by atoms with van der Waals surface area (Å²) >= 11 is -2.50. The van der Waals surface area contributed by atoms with Gasteiger partial charge in [0.05, 0.1) is 0 Å². The zero-order valence-electron chi connectivity index (χ0n) is 27.9. The van der Waals surface area contributed by atoms with Gasteiger partial charge in [0.1, 0.15) is 0 Å². The Morgan fingerprint density at radius 2 is 1.07 bits per heavy atom. The summed E-state index contributed by atoms with van der Waals surface area (Å²) < 4.78 is 7.58. The molecule has 4 aliphatic rings. The van der Waals surface area contributed by atoms with Gasteiger partial charge in [-0.2, -0.15) is 0 Å². The molecule has 0 amide bonds. The first-order valence-corrected chi connectivity index (χ1v) is 33.3. The van der Waals surface area contributed by atoms with Crippen molar-refractivity contribution in [1.29, 1.82) is 0 Å². The molecule has 4 rings (SSSR count). The van der Waals surface area contributed by atoms with Crippen LogP contribution in [0.4, 0.5) is 0 Å². The fourth-order valence-electron chi connectivity index (χ4n) is 6.81. The average Bonchev–Trinajstić information content (AvgIpc) is 3.75. The van der Waals surface area contributed by atoms with E-state index in [0.29, 0.717) is 0 Å². The Morgan fingerprint density at radius 3 is 1.44 bits per heavy atom. The van der Waals surface area contributed by atoms with Gasteiger partial charge in [0.15, 0.2) is 0 Å². The fraction of sp³-hybridized carbons (Fsp3) is 0.579. The van der Waals surface area contributed by atoms with Crippen LogP contribution in [0.25, 0.3) is 0 Å². The Balaban J connectivity index is 0.000000228. The van der Waals surface area contributed by atoms with Crippen molar-refractivity contribution in [2.45, 2.75) is 145 Å². The van der Waals surface area contributed by atoms with E-state index >= 15 is 0 Å². The van der Waals surface area contributed by atoms with E-state index in [9.17, 15) is 0 Å². The fourth-order valence-corrected chi connectivity index (χ4v) is 41.0. The zero-order valence-corrected chi connectivity index (χ0v) is 36.3. The second-order valence-corrected chi connectivity index (χ2v) is 44.3. The standard InChI is InChI=1S/4C9H13.C2H7Si.2Hf/c2*1-3-5-9-7-4-6-8(9)2;2*1-2-3-6-9-7-4-5-8-9;1-3-2;;/h2*4H,3,5,7H2,1-2H3;2*4,7H,2-3,5-6H2,1H3;3H,1-2H3;;. The summed E-state index contributed by atoms with van der Waals surface area (Å²) in [5.41, 5.74) is 10.3. The third-order valence-electron chi connectivity index (χ3n) is 9.23. The Hall–Kier alpha value is -0.123. The summed E-state index contributed by atoms with van der Waals surface area (Å²) in [6.45, 7) is 19.3. The predicted octanol–water partition coefficient (Wildman–Crippen LogP) is 12.3. The van der Waals surface area contributed by atoms with Crippen molar-refractivity contribution in [3.05, 3.63) is 83.2 Å². The molecule has 0 saturated heterocycles. The molecule has 0 aromatic carbocycles. The van der Waals surface area contributed by atoms with Gasteiger partial charge in [-0.25, -0.2) is 0 Å². The molecule has 0 saturated carbocycles. The number of allylic oxidation sites excluding steroid dienone is 16. The van der Waals surface area contributed by atoms with Crippen LogP contribution in [0.5, 0.6) is 0 Å². The van der Waals surface area contributed by atoms with E-state index in [4.69, 9.17) is 0 Å². The minimum atomic E-state index is -1.72. The normalized spacial score (nSPS) is 18.3. The Morgan fingerprint density at radius 1 is 0.634 bits per heavy atom. The molecule has 0 nitrogen and oxygen atoms in total. The number of unbranched alkanes of at least 4 members (excludes halogenated alkanes) is 2. The van der Waals surface area contributed by atoms with Crippen molar-refractivity contribution < 1.29 is 43.5 Å². The van der Waals surface area contributed by atoms with Gasteiger partial charge in [0, 0.05) is 0 Å². The molecule has 0 bridgehead atoms. The number of hydrogen-bond acceptors (Lipinski definition) is 0. The van der Waals surface area contributed by atoms with E-state index in [0.717, 1.165) is 0 Å². The summed E-state index contributed by atoms with van der Waals surface area (Å²) in [7, 11) is 0. The van der Waals surface area contributed by atoms with Crippen LogP contribution in [0.15, 0.2) is 83.2 Å². The van der Waals surface area contributed by atoms with Crippen LogP contribution in [-0.4, -0.2) is 5.98 Å². The van der Waals surface area contributed by atoms with Gasteiger partial charge in [-0.3, -0.25) is 0 Å². The summed E-state index contributed by atoms with van der Waals surface area (Å²) in [4.78, 5) is 0. The molecular formula is C38H59Hf2Si. The summed E-state index contributed by atoms with van der Waals surface area (Å²) in [5.74, 6) is -0.519. The molecule has 0 N–H and O–H groups in total. The molecule has 0 spiro atoms. The van der Waals surface area contributed by atoms with Crippen LogP contribution >= 0.6 is 0 Å². The van der Waals surface area contributed by atoms with Gasteiger partial charge in [0.25, 0.3) is 0 Å². The van der Waals surface area contributed by atoms with Crippen LogP contribution < -0.4 is 0 Å². The van der Waals surface area contributed by atoms with Gasteiger partial charge >= 0.3 is 277 Å². The third kappa shape index (κ3) is 9.94. The molecule has 0 aromatic heterocycles. The first-order valence-electron chi connectivity index (χ1n) is 17.1. The van der Waals surface area contributed by atoms with Crippen LogP contribution in [0.2, 0.25) is 13.1 Å². The Labute approximate surface area is 274 Å². The molecule has 41 heavy (non-hydrogen) atoms. The zero-order chi connectivity index (χ0) is 29.8. The van der Waals surface area contributed by atoms with Crippen LogP contribution in [0.1, 0.15) is 131 Å². The first kappa shape index (κ1) is 35.4. The third-order valence-corrected chi connectivity index (χ3v) is 43.1. The SMILES string of the molecule is CCCC1=C(C)[C]([Hf][C]2=CCC(CCC)=C2C)=CC1.CCCCC1=[C]([Hf]([C]2=C(CCCC)C=CC2)[SiH](C)C)CC=C1. The summed E-state index contributed by atoms with van der Waals surface area (Å²) in [5, 5.41) is 0. The number of rotatable bonds is 15. The van der Waals surface area contributed by atoms with Crippen molar-refractivity contribution >= 4 is 5.98 Å². The van der Waals surface area contributed by atoms with Crippen LogP contribution in [-0.2, 0) is 43.5 Å². The quantitative estimate of drug-likeness (QED) is 0.144. The van der Waals surface area contributed by atoms with E-state index in [1.807, 2.05) is 6.66 Å². The molecule has 0 radical (unpaired) electrons. The molecule has 0 fully saturated rings. The van der Waals surface area contributed by atoms with E-state index in [-0.39, 0.29) is 0 Å². The van der Waals surface area contributed by atoms with Crippen molar-refractivity contribution in [1.82, 2.24) is 0 Å². The summed E-state index contributed by atoms with van der Waals surface area (Å²) in [6, 6.07) is 0. The van der Waals surface area contributed by atoms with Crippen molar-refractivity contribution in [3.8, 4) is 0 Å². The van der Waals surface area contributed by atoms with Gasteiger partial charge in [-0.05, 0) is 0 Å². The van der Waals surface area contributed by atoms with Gasteiger partial charge in [-0.1, -0.05) is 0 Å². The van der Waals surface area contributed by atoms with E-state index in [1.165, 1.54) is 89.9 Å². The predicted molar refractivity (Wildman–Crippen MR) is 180 cm³/mol. The van der Waals surface area contributed by atoms with Crippen LogP contribution in [0, 0.1) is 0 Å². The van der Waals surface area contributed by atoms with Crippen molar-refractivity contribution in [3.63, 3.8) is 0 Å². The van der Waals surface area contributed by atoms with Gasteiger partial charge < -0.3 is 0 Å². The molecule has 0 unspecified atom stereocenters. The maximum absolute atomic E-state index is 2.65. The summed E-state index contributed by atoms with van der Waals surface area (Å²) in [6.07, 6.45) is 33.5. The second kappa shape index (κ2) is 18.6. The molecule has 0 aromatic rings. The molecule has 4 aliphatic carbocycles. The topological polar surface area (TPSA) is 0 Å². The Kier molecular flexibility index (Phi) is 16.1. The monoisotopic (exact) mass is 903 g/mol. The van der Waals surface area contributed by atoms with Gasteiger partial charge in [-0.15, -0.1) is 0 Å². The van der Waals surface area contributed by atoms with E-state index in [2.05, 4.69) is 91.1 Å². The van der Waals surface area contributed by atoms with Crippen molar-refractivity contribution in [2.24, 2.45) is 0 Å². The average molecular weight is 901 g/mol. The second-order valence-electron chi connectivity index (χ2n) is 12.7. The van der Waals surface area contributed by atoms with Crippen LogP contribution in [0.3, 0.4) is 0 Å². The Bertz CT molecular complexity index is 1060. The molecular weight excluding hydrogens is 841 g/mol. The number of hydrogen-bond donors (Lipinski definition) is 0. The van der Waals surface area contributed by atoms with E-state index in [1.54, 1.807) is 40.1 Å². The minimum absolute atomic E-state index is 0.519. The van der Waals surface area contributed by atoms with E-state index < -0.39 is 49.5 Å². The molecule has 3 heteroatoms. The molecule has 223 valence electrons. The van der Waals surface area contributed by atoms with Crippen molar-refractivity contribution in [2.75, 3.05) is 0 Å². The van der Waals surface area contributed by atoms with Gasteiger partial charge in [0.2, 0.25) is 0 Å². The first-order chi connectivity index (χ1) is 19.9. The maximum atomic E-state index is 2.65.